The van der Waals surface area contributed by atoms with E-state index in [9.17, 15) is 30.5 Å². The average Bonchev–Trinajstić information content (AvgIpc) is 2.70. The van der Waals surface area contributed by atoms with Crippen molar-refractivity contribution in [3.63, 3.8) is 0 Å². The highest BCUT2D eigenvalue weighted by atomic mass is 16.6. The number of nitriles is 3. The lowest BCUT2D eigenvalue weighted by Gasteiger charge is -2.18. The van der Waals surface area contributed by atoms with Gasteiger partial charge in [0.05, 0.1) is 31.4 Å². The molecule has 1 N–H and O–H groups in total. The highest BCUT2D eigenvalue weighted by Gasteiger charge is 2.34. The Morgan fingerprint density at radius 3 is 1.60 bits per heavy atom. The number of hydrogen-bond acceptors (Lipinski definition) is 12. The van der Waals surface area contributed by atoms with Crippen LogP contribution in [0.2, 0.25) is 0 Å². The second-order valence-electron chi connectivity index (χ2n) is 5.49. The van der Waals surface area contributed by atoms with Crippen LogP contribution in [0.5, 0.6) is 0 Å². The number of hydrogen-bond donors (Lipinski definition) is 1. The molecule has 0 bridgehead atoms. The summed E-state index contributed by atoms with van der Waals surface area (Å²) in [7, 11) is 0. The van der Waals surface area contributed by atoms with Crippen LogP contribution < -0.4 is 0 Å². The number of esters is 2. The molecule has 0 radical (unpaired) electrons. The second-order valence-corrected chi connectivity index (χ2v) is 5.49. The summed E-state index contributed by atoms with van der Waals surface area (Å²) in [5, 5.41) is 38.3. The summed E-state index contributed by atoms with van der Waals surface area (Å²) in [6.45, 7) is 4.68. The Balaban J connectivity index is 3.64. The molecule has 0 aliphatic rings. The molecule has 12 nitrogen and oxygen atoms in total. The summed E-state index contributed by atoms with van der Waals surface area (Å²) in [6.07, 6.45) is -1.64. The third kappa shape index (κ3) is 5.92. The largest absolute Gasteiger partial charge is 0.465 e. The van der Waals surface area contributed by atoms with Crippen LogP contribution in [-0.4, -0.2) is 58.1 Å². The maximum absolute atomic E-state index is 12.1. The first-order valence-corrected chi connectivity index (χ1v) is 8.95. The molecule has 30 heavy (non-hydrogen) atoms. The van der Waals surface area contributed by atoms with Crippen LogP contribution in [-0.2, 0) is 23.8 Å². The van der Waals surface area contributed by atoms with Crippen LogP contribution in [0.4, 0.5) is 0 Å². The molecule has 0 saturated carbocycles. The Bertz CT molecular complexity index is 832. The fourth-order valence-electron chi connectivity index (χ4n) is 2.22. The van der Waals surface area contributed by atoms with Gasteiger partial charge in [0.15, 0.2) is 29.7 Å². The van der Waals surface area contributed by atoms with Crippen molar-refractivity contribution in [2.75, 3.05) is 19.8 Å². The summed E-state index contributed by atoms with van der Waals surface area (Å²) in [5.41, 5.74) is 0. The predicted octanol–water partition coefficient (Wildman–Crippen LogP) is 0.174. The van der Waals surface area contributed by atoms with E-state index >= 15 is 0 Å². The van der Waals surface area contributed by atoms with Gasteiger partial charge in [0.1, 0.15) is 0 Å². The van der Waals surface area contributed by atoms with Crippen molar-refractivity contribution in [1.29, 1.82) is 15.8 Å². The number of nitrogens with zero attached hydrogens (tertiary/aromatic N) is 6. The van der Waals surface area contributed by atoms with Crippen LogP contribution in [0, 0.1) is 34.0 Å². The molecular formula is C18H20N6O6. The van der Waals surface area contributed by atoms with Crippen molar-refractivity contribution in [1.82, 2.24) is 15.0 Å². The van der Waals surface area contributed by atoms with Gasteiger partial charge >= 0.3 is 11.9 Å². The van der Waals surface area contributed by atoms with E-state index in [1.807, 2.05) is 0 Å². The Morgan fingerprint density at radius 2 is 1.27 bits per heavy atom. The molecule has 0 saturated heterocycles. The molecule has 1 aromatic rings. The van der Waals surface area contributed by atoms with Gasteiger partial charge in [-0.3, -0.25) is 9.59 Å². The third-order valence-corrected chi connectivity index (χ3v) is 3.55. The van der Waals surface area contributed by atoms with Crippen molar-refractivity contribution >= 4 is 11.9 Å². The van der Waals surface area contributed by atoms with E-state index < -0.39 is 47.6 Å². The first-order chi connectivity index (χ1) is 14.4. The molecule has 0 aliphatic carbocycles. The molecular weight excluding hydrogens is 396 g/mol. The van der Waals surface area contributed by atoms with Gasteiger partial charge in [0.25, 0.3) is 0 Å². The van der Waals surface area contributed by atoms with Gasteiger partial charge in [-0.15, -0.1) is 0 Å². The van der Waals surface area contributed by atoms with Crippen molar-refractivity contribution in [2.45, 2.75) is 44.8 Å². The summed E-state index contributed by atoms with van der Waals surface area (Å²) >= 11 is 0. The molecule has 0 amide bonds. The monoisotopic (exact) mass is 416 g/mol. The topological polar surface area (TPSA) is 192 Å². The van der Waals surface area contributed by atoms with Crippen molar-refractivity contribution < 1.29 is 28.9 Å². The van der Waals surface area contributed by atoms with Gasteiger partial charge in [0.2, 0.25) is 11.8 Å². The number of ether oxygens (including phenoxy) is 3. The fourth-order valence-corrected chi connectivity index (χ4v) is 2.22. The van der Waals surface area contributed by atoms with Gasteiger partial charge < -0.3 is 19.3 Å². The summed E-state index contributed by atoms with van der Waals surface area (Å²) < 4.78 is 14.6. The number of aliphatic hydroxyl groups excluding tert-OH is 1. The molecule has 1 heterocycles. The quantitative estimate of drug-likeness (QED) is 0.402. The Hall–Kier alpha value is -3.66. The number of carbonyl (C=O) groups excluding carboxylic acids is 2. The van der Waals surface area contributed by atoms with E-state index in [2.05, 4.69) is 15.0 Å². The molecule has 4 atom stereocenters. The number of aromatic nitrogens is 3. The van der Waals surface area contributed by atoms with E-state index in [1.54, 1.807) is 25.1 Å². The van der Waals surface area contributed by atoms with Crippen LogP contribution in [0.15, 0.2) is 0 Å². The Kier molecular flexibility index (Phi) is 9.77. The van der Waals surface area contributed by atoms with Crippen LogP contribution >= 0.6 is 0 Å². The van der Waals surface area contributed by atoms with Gasteiger partial charge in [-0.05, 0) is 20.8 Å². The summed E-state index contributed by atoms with van der Waals surface area (Å²) in [5.74, 6) is -7.88. The van der Waals surface area contributed by atoms with Crippen LogP contribution in [0.25, 0.3) is 0 Å². The fraction of sp³-hybridized carbons (Fsp3) is 0.556. The lowest BCUT2D eigenvalue weighted by molar-refractivity contribution is -0.144. The second kappa shape index (κ2) is 12.0. The van der Waals surface area contributed by atoms with E-state index in [0.717, 1.165) is 0 Å². The minimum atomic E-state index is -1.64. The van der Waals surface area contributed by atoms with E-state index in [1.165, 1.54) is 13.8 Å². The van der Waals surface area contributed by atoms with Gasteiger partial charge in [0, 0.05) is 6.61 Å². The molecule has 0 aromatic carbocycles. The van der Waals surface area contributed by atoms with Gasteiger partial charge in [-0.2, -0.15) is 15.8 Å². The standard InChI is InChI=1S/C18H20N6O6/c1-4-28-16(25)10(7-19)13-22-14(11(8-20)17(26)29-5-2)24-15(23-13)12(9-21)18(27)30-6-3/h10-12,16,25H,4-6H2,1-3H3. The van der Waals surface area contributed by atoms with Gasteiger partial charge in [-0.25, -0.2) is 15.0 Å². The number of aliphatic hydroxyl groups is 1. The average molecular weight is 416 g/mol. The van der Waals surface area contributed by atoms with E-state index in [-0.39, 0.29) is 25.6 Å². The molecule has 0 aliphatic heterocycles. The maximum Gasteiger partial charge on any atom is 0.331 e. The molecule has 0 fully saturated rings. The van der Waals surface area contributed by atoms with Crippen molar-refractivity contribution in [3.05, 3.63) is 17.5 Å². The SMILES string of the molecule is CCOC(=O)C(C#N)c1nc(C(C#N)C(=O)OCC)nc(C(C#N)C(O)OCC)n1. The minimum absolute atomic E-state index is 0.0185. The molecule has 12 heteroatoms. The number of carbonyl (C=O) groups is 2. The highest BCUT2D eigenvalue weighted by molar-refractivity contribution is 5.81. The zero-order valence-corrected chi connectivity index (χ0v) is 16.6. The van der Waals surface area contributed by atoms with E-state index in [0.29, 0.717) is 0 Å². The highest BCUT2D eigenvalue weighted by Crippen LogP contribution is 2.23. The van der Waals surface area contributed by atoms with Gasteiger partial charge in [-0.1, -0.05) is 0 Å². The normalized spacial score (nSPS) is 14.2. The third-order valence-electron chi connectivity index (χ3n) is 3.55. The molecule has 1 aromatic heterocycles. The molecule has 1 rings (SSSR count). The Morgan fingerprint density at radius 1 is 0.833 bits per heavy atom. The first kappa shape index (κ1) is 24.4. The zero-order valence-electron chi connectivity index (χ0n) is 16.6. The van der Waals surface area contributed by atoms with Crippen molar-refractivity contribution in [2.24, 2.45) is 0 Å². The summed E-state index contributed by atoms with van der Waals surface area (Å²) in [4.78, 5) is 36.0. The lowest BCUT2D eigenvalue weighted by Crippen LogP contribution is -2.27. The number of rotatable bonds is 10. The smallest absolute Gasteiger partial charge is 0.331 e. The van der Waals surface area contributed by atoms with Crippen LogP contribution in [0.1, 0.15) is 56.0 Å². The molecule has 158 valence electrons. The zero-order chi connectivity index (χ0) is 22.7. The van der Waals surface area contributed by atoms with Crippen molar-refractivity contribution in [3.8, 4) is 18.2 Å². The summed E-state index contributed by atoms with van der Waals surface area (Å²) in [6, 6.07) is 5.11. The molecule has 0 spiro atoms. The predicted molar refractivity (Wildman–Crippen MR) is 95.8 cm³/mol. The van der Waals surface area contributed by atoms with E-state index in [4.69, 9.17) is 14.2 Å². The maximum atomic E-state index is 12.1. The first-order valence-electron chi connectivity index (χ1n) is 8.95. The van der Waals surface area contributed by atoms with Crippen LogP contribution in [0.3, 0.4) is 0 Å². The molecule has 4 unspecified atom stereocenters. The minimum Gasteiger partial charge on any atom is -0.465 e. The Labute approximate surface area is 172 Å². The lowest BCUT2D eigenvalue weighted by atomic mass is 10.1.